The Balaban J connectivity index is 2.31. The molecule has 2 atom stereocenters. The van der Waals surface area contributed by atoms with Gasteiger partial charge < -0.3 is 9.47 Å². The lowest BCUT2D eigenvalue weighted by atomic mass is 10.1. The van der Waals surface area contributed by atoms with Crippen molar-refractivity contribution in [3.8, 4) is 0 Å². The maximum Gasteiger partial charge on any atom is 0.337 e. The Bertz CT molecular complexity index is 347. The highest BCUT2D eigenvalue weighted by Gasteiger charge is 2.43. The molecule has 0 aromatic heterocycles. The third-order valence-corrected chi connectivity index (χ3v) is 2.33. The van der Waals surface area contributed by atoms with E-state index in [0.717, 1.165) is 5.56 Å². The SMILES string of the molecule is CC1OC(C)(c2ccccc2)OC1=O. The maximum atomic E-state index is 11.2. The van der Waals surface area contributed by atoms with Gasteiger partial charge in [-0.05, 0) is 6.92 Å². The molecule has 1 aliphatic rings. The molecule has 3 nitrogen and oxygen atoms in total. The minimum atomic E-state index is -0.919. The highest BCUT2D eigenvalue weighted by molar-refractivity contribution is 5.76. The van der Waals surface area contributed by atoms with Crippen molar-refractivity contribution in [2.45, 2.75) is 25.7 Å². The van der Waals surface area contributed by atoms with E-state index in [0.29, 0.717) is 0 Å². The first-order valence-electron chi connectivity index (χ1n) is 4.58. The Labute approximate surface area is 82.6 Å². The molecular weight excluding hydrogens is 180 g/mol. The van der Waals surface area contributed by atoms with Crippen molar-refractivity contribution in [3.05, 3.63) is 35.9 Å². The van der Waals surface area contributed by atoms with E-state index in [1.54, 1.807) is 13.8 Å². The fourth-order valence-electron chi connectivity index (χ4n) is 1.55. The zero-order valence-electron chi connectivity index (χ0n) is 8.19. The van der Waals surface area contributed by atoms with Crippen LogP contribution in [0.2, 0.25) is 0 Å². The van der Waals surface area contributed by atoms with Crippen LogP contribution in [0.5, 0.6) is 0 Å². The average molecular weight is 192 g/mol. The molecule has 2 unspecified atom stereocenters. The van der Waals surface area contributed by atoms with E-state index in [9.17, 15) is 4.79 Å². The summed E-state index contributed by atoms with van der Waals surface area (Å²) < 4.78 is 10.7. The minimum absolute atomic E-state index is 0.309. The number of carbonyl (C=O) groups is 1. The summed E-state index contributed by atoms with van der Waals surface area (Å²) in [7, 11) is 0. The van der Waals surface area contributed by atoms with Gasteiger partial charge in [0.2, 0.25) is 5.79 Å². The van der Waals surface area contributed by atoms with Gasteiger partial charge in [-0.25, -0.2) is 4.79 Å². The molecule has 0 amide bonds. The van der Waals surface area contributed by atoms with Crippen molar-refractivity contribution in [1.82, 2.24) is 0 Å². The first kappa shape index (κ1) is 9.21. The lowest BCUT2D eigenvalue weighted by molar-refractivity contribution is -0.173. The van der Waals surface area contributed by atoms with Gasteiger partial charge in [0.15, 0.2) is 6.10 Å². The van der Waals surface area contributed by atoms with Crippen LogP contribution in [0.25, 0.3) is 0 Å². The molecule has 1 fully saturated rings. The Kier molecular flexibility index (Phi) is 2.04. The van der Waals surface area contributed by atoms with E-state index >= 15 is 0 Å². The molecule has 0 saturated carbocycles. The molecule has 0 spiro atoms. The molecule has 0 radical (unpaired) electrons. The summed E-state index contributed by atoms with van der Waals surface area (Å²) in [6.45, 7) is 3.44. The van der Waals surface area contributed by atoms with Gasteiger partial charge in [-0.1, -0.05) is 30.3 Å². The second kappa shape index (κ2) is 3.10. The number of hydrogen-bond donors (Lipinski definition) is 0. The van der Waals surface area contributed by atoms with Crippen molar-refractivity contribution < 1.29 is 14.3 Å². The normalized spacial score (nSPS) is 31.6. The molecule has 74 valence electrons. The minimum Gasteiger partial charge on any atom is -0.427 e. The number of rotatable bonds is 1. The lowest BCUT2D eigenvalue weighted by Crippen LogP contribution is -2.23. The molecule has 0 N–H and O–H groups in total. The smallest absolute Gasteiger partial charge is 0.337 e. The van der Waals surface area contributed by atoms with Gasteiger partial charge in [0, 0.05) is 12.5 Å². The van der Waals surface area contributed by atoms with Crippen LogP contribution in [-0.4, -0.2) is 12.1 Å². The summed E-state index contributed by atoms with van der Waals surface area (Å²) in [6.07, 6.45) is -0.486. The lowest BCUT2D eigenvalue weighted by Gasteiger charge is -2.21. The second-order valence-corrected chi connectivity index (χ2v) is 3.49. The molecule has 1 aromatic carbocycles. The zero-order chi connectivity index (χ0) is 10.2. The zero-order valence-corrected chi connectivity index (χ0v) is 8.19. The summed E-state index contributed by atoms with van der Waals surface area (Å²) in [5, 5.41) is 0. The van der Waals surface area contributed by atoms with Crippen LogP contribution < -0.4 is 0 Å². The maximum absolute atomic E-state index is 11.2. The molecule has 1 aromatic rings. The average Bonchev–Trinajstić information content (AvgIpc) is 2.44. The van der Waals surface area contributed by atoms with E-state index in [2.05, 4.69) is 0 Å². The molecular formula is C11H12O3. The monoisotopic (exact) mass is 192 g/mol. The van der Waals surface area contributed by atoms with Crippen molar-refractivity contribution in [1.29, 1.82) is 0 Å². The van der Waals surface area contributed by atoms with Crippen LogP contribution in [0, 0.1) is 0 Å². The topological polar surface area (TPSA) is 35.5 Å². The fourth-order valence-corrected chi connectivity index (χ4v) is 1.55. The fraction of sp³-hybridized carbons (Fsp3) is 0.364. The summed E-state index contributed by atoms with van der Waals surface area (Å²) in [5.74, 6) is -1.23. The standard InChI is InChI=1S/C11H12O3/c1-8-10(12)14-11(2,13-8)9-6-4-3-5-7-9/h3-8H,1-2H3. The summed E-state index contributed by atoms with van der Waals surface area (Å²) in [4.78, 5) is 11.2. The van der Waals surface area contributed by atoms with Gasteiger partial charge in [0.25, 0.3) is 0 Å². The number of carbonyl (C=O) groups excluding carboxylic acids is 1. The summed E-state index contributed by atoms with van der Waals surface area (Å²) in [5.41, 5.74) is 0.859. The van der Waals surface area contributed by atoms with E-state index in [4.69, 9.17) is 9.47 Å². The van der Waals surface area contributed by atoms with Gasteiger partial charge in [-0.3, -0.25) is 0 Å². The molecule has 1 aliphatic heterocycles. The van der Waals surface area contributed by atoms with E-state index < -0.39 is 11.9 Å². The largest absolute Gasteiger partial charge is 0.427 e. The Morgan fingerprint density at radius 3 is 2.43 bits per heavy atom. The van der Waals surface area contributed by atoms with Gasteiger partial charge >= 0.3 is 5.97 Å². The molecule has 0 bridgehead atoms. The Morgan fingerprint density at radius 1 is 1.29 bits per heavy atom. The molecule has 1 heterocycles. The summed E-state index contributed by atoms with van der Waals surface area (Å²) >= 11 is 0. The Hall–Kier alpha value is -1.35. The number of hydrogen-bond acceptors (Lipinski definition) is 3. The predicted molar refractivity (Wildman–Crippen MR) is 50.4 cm³/mol. The highest BCUT2D eigenvalue weighted by atomic mass is 16.8. The van der Waals surface area contributed by atoms with Crippen LogP contribution in [-0.2, 0) is 20.1 Å². The number of cyclic esters (lactones) is 1. The van der Waals surface area contributed by atoms with E-state index in [1.807, 2.05) is 30.3 Å². The van der Waals surface area contributed by atoms with Crippen LogP contribution in [0.15, 0.2) is 30.3 Å². The van der Waals surface area contributed by atoms with Crippen molar-refractivity contribution in [2.24, 2.45) is 0 Å². The molecule has 3 heteroatoms. The number of benzene rings is 1. The predicted octanol–water partition coefficient (Wildman–Crippen LogP) is 1.82. The van der Waals surface area contributed by atoms with Crippen LogP contribution in [0.4, 0.5) is 0 Å². The van der Waals surface area contributed by atoms with Gasteiger partial charge in [-0.2, -0.15) is 0 Å². The van der Waals surface area contributed by atoms with Crippen LogP contribution in [0.1, 0.15) is 19.4 Å². The Morgan fingerprint density at radius 2 is 1.93 bits per heavy atom. The van der Waals surface area contributed by atoms with Crippen molar-refractivity contribution >= 4 is 5.97 Å². The third kappa shape index (κ3) is 1.40. The molecule has 1 saturated heterocycles. The van der Waals surface area contributed by atoms with Gasteiger partial charge in [0.05, 0.1) is 0 Å². The van der Waals surface area contributed by atoms with Gasteiger partial charge in [0.1, 0.15) is 0 Å². The first-order chi connectivity index (χ1) is 6.62. The van der Waals surface area contributed by atoms with Crippen LogP contribution in [0.3, 0.4) is 0 Å². The number of ether oxygens (including phenoxy) is 2. The quantitative estimate of drug-likeness (QED) is 0.637. The second-order valence-electron chi connectivity index (χ2n) is 3.49. The van der Waals surface area contributed by atoms with Crippen molar-refractivity contribution in [3.63, 3.8) is 0 Å². The van der Waals surface area contributed by atoms with Crippen LogP contribution >= 0.6 is 0 Å². The van der Waals surface area contributed by atoms with Gasteiger partial charge in [-0.15, -0.1) is 0 Å². The highest BCUT2D eigenvalue weighted by Crippen LogP contribution is 2.33. The summed E-state index contributed by atoms with van der Waals surface area (Å²) in [6, 6.07) is 9.45. The number of esters is 1. The van der Waals surface area contributed by atoms with Crippen molar-refractivity contribution in [2.75, 3.05) is 0 Å². The molecule has 2 rings (SSSR count). The first-order valence-corrected chi connectivity index (χ1v) is 4.58. The van der Waals surface area contributed by atoms with E-state index in [-0.39, 0.29) is 5.97 Å². The molecule has 0 aliphatic carbocycles. The third-order valence-electron chi connectivity index (χ3n) is 2.33. The molecule has 14 heavy (non-hydrogen) atoms. The van der Waals surface area contributed by atoms with E-state index in [1.165, 1.54) is 0 Å².